The molecule has 0 saturated carbocycles. The highest BCUT2D eigenvalue weighted by Crippen LogP contribution is 2.36. The van der Waals surface area contributed by atoms with Gasteiger partial charge in [-0.3, -0.25) is 0 Å². The van der Waals surface area contributed by atoms with E-state index in [1.165, 1.54) is 0 Å². The lowest BCUT2D eigenvalue weighted by atomic mass is 9.53. The lowest BCUT2D eigenvalue weighted by molar-refractivity contribution is 0.406. The van der Waals surface area contributed by atoms with Gasteiger partial charge in [-0.2, -0.15) is 0 Å². The van der Waals surface area contributed by atoms with E-state index in [0.29, 0.717) is 0 Å². The van der Waals surface area contributed by atoms with Crippen molar-refractivity contribution in [2.75, 3.05) is 0 Å². The zero-order valence-electron chi connectivity index (χ0n) is 5.00. The zero-order chi connectivity index (χ0) is 8.58. The molecule has 0 aromatic heterocycles. The van der Waals surface area contributed by atoms with Gasteiger partial charge in [0, 0.05) is 0 Å². The van der Waals surface area contributed by atoms with Crippen LogP contribution in [0.3, 0.4) is 0 Å². The van der Waals surface area contributed by atoms with Gasteiger partial charge in [-0.1, -0.05) is 0 Å². The van der Waals surface area contributed by atoms with Crippen molar-refractivity contribution in [1.82, 2.24) is 0 Å². The van der Waals surface area contributed by atoms with E-state index in [2.05, 4.69) is 0 Å². The van der Waals surface area contributed by atoms with Gasteiger partial charge in [0.15, 0.2) is 0 Å². The standard InChI is InChI=1S/C2H4B2F6/c1-2(3(5,6)7)4(8,9)10/h2H,1H3/q-2. The Morgan fingerprint density at radius 1 is 0.800 bits per heavy atom. The SMILES string of the molecule is CC([B-](F)(F)F)[B-](F)(F)F. The molecule has 0 nitrogen and oxygen atoms in total. The Labute approximate surface area is 53.7 Å². The van der Waals surface area contributed by atoms with E-state index >= 15 is 0 Å². The van der Waals surface area contributed by atoms with Crippen molar-refractivity contribution in [3.8, 4) is 0 Å². The largest absolute Gasteiger partial charge is 0.455 e. The molecule has 0 unspecified atom stereocenters. The predicted molar refractivity (Wildman–Crippen MR) is 27.6 cm³/mol. The summed E-state index contributed by atoms with van der Waals surface area (Å²) in [5, 5.41) is 0. The molecule has 0 aromatic rings. The summed E-state index contributed by atoms with van der Waals surface area (Å²) in [5.41, 5.74) is -3.11. The van der Waals surface area contributed by atoms with Crippen LogP contribution >= 0.6 is 0 Å². The third kappa shape index (κ3) is 2.53. The molecule has 0 bridgehead atoms. The van der Waals surface area contributed by atoms with E-state index in [-0.39, 0.29) is 6.92 Å². The van der Waals surface area contributed by atoms with Gasteiger partial charge in [-0.15, -0.1) is 12.6 Å². The fourth-order valence-electron chi connectivity index (χ4n) is 0.247. The number of hydrogen-bond acceptors (Lipinski definition) is 0. The summed E-state index contributed by atoms with van der Waals surface area (Å²) < 4.78 is 67.8. The molecule has 62 valence electrons. The zero-order valence-corrected chi connectivity index (χ0v) is 5.00. The molecular weight excluding hydrogens is 160 g/mol. The molecular formula is C2H4B2F6-2. The average Bonchev–Trinajstić information content (AvgIpc) is 1.59. The highest BCUT2D eigenvalue weighted by Gasteiger charge is 2.43. The number of hydrogen-bond donors (Lipinski definition) is 0. The number of halogens is 6. The Balaban J connectivity index is 4.23. The summed E-state index contributed by atoms with van der Waals surface area (Å²) in [7, 11) is 0. The smallest absolute Gasteiger partial charge is 0.450 e. The normalized spacial score (nSPS) is 14.4. The van der Waals surface area contributed by atoms with Gasteiger partial charge < -0.3 is 25.9 Å². The molecule has 0 heterocycles. The summed E-state index contributed by atoms with van der Waals surface area (Å²) >= 11 is 0. The van der Waals surface area contributed by atoms with Gasteiger partial charge in [0.1, 0.15) is 0 Å². The molecule has 10 heavy (non-hydrogen) atoms. The highest BCUT2D eigenvalue weighted by molar-refractivity contribution is 6.80. The second-order valence-electron chi connectivity index (χ2n) is 2.11. The van der Waals surface area contributed by atoms with Gasteiger partial charge in [0.05, 0.1) is 0 Å². The maximum absolute atomic E-state index is 11.3. The van der Waals surface area contributed by atoms with Crippen LogP contribution < -0.4 is 0 Å². The van der Waals surface area contributed by atoms with Crippen LogP contribution in [0.15, 0.2) is 0 Å². The van der Waals surface area contributed by atoms with Gasteiger partial charge in [-0.25, -0.2) is 0 Å². The fourth-order valence-corrected chi connectivity index (χ4v) is 0.247. The third-order valence-electron chi connectivity index (χ3n) is 1.19. The summed E-state index contributed by atoms with van der Waals surface area (Å²) in [4.78, 5) is 0. The maximum Gasteiger partial charge on any atom is 0.455 e. The van der Waals surface area contributed by atoms with Crippen LogP contribution in [-0.2, 0) is 0 Å². The van der Waals surface area contributed by atoms with Crippen LogP contribution in [0.5, 0.6) is 0 Å². The Hall–Kier alpha value is -0.290. The Bertz CT molecular complexity index is 97.9. The highest BCUT2D eigenvalue weighted by atomic mass is 19.4. The molecule has 0 rings (SSSR count). The Morgan fingerprint density at radius 3 is 1.00 bits per heavy atom. The van der Waals surface area contributed by atoms with Crippen LogP contribution in [0, 0.1) is 0 Å². The van der Waals surface area contributed by atoms with Crippen LogP contribution in [-0.4, -0.2) is 14.0 Å². The molecule has 0 radical (unpaired) electrons. The third-order valence-corrected chi connectivity index (χ3v) is 1.19. The molecule has 8 heteroatoms. The molecule has 0 atom stereocenters. The van der Waals surface area contributed by atoms with Crippen LogP contribution in [0.4, 0.5) is 25.9 Å². The summed E-state index contributed by atoms with van der Waals surface area (Å²) in [5.74, 6) is 0. The fraction of sp³-hybridized carbons (Fsp3) is 1.00. The van der Waals surface area contributed by atoms with Crippen molar-refractivity contribution >= 4 is 14.0 Å². The van der Waals surface area contributed by atoms with E-state index < -0.39 is 19.7 Å². The molecule has 0 spiro atoms. The first kappa shape index (κ1) is 9.71. The van der Waals surface area contributed by atoms with Crippen molar-refractivity contribution in [1.29, 1.82) is 0 Å². The van der Waals surface area contributed by atoms with E-state index in [1.54, 1.807) is 0 Å². The minimum absolute atomic E-state index is 0.139. The van der Waals surface area contributed by atoms with E-state index in [0.717, 1.165) is 0 Å². The van der Waals surface area contributed by atoms with Gasteiger partial charge in [0.25, 0.3) is 0 Å². The molecule has 0 aromatic carbocycles. The van der Waals surface area contributed by atoms with Gasteiger partial charge >= 0.3 is 14.0 Å². The van der Waals surface area contributed by atoms with E-state index in [9.17, 15) is 25.9 Å². The summed E-state index contributed by atoms with van der Waals surface area (Å²) in [6.45, 7) is -11.4. The van der Waals surface area contributed by atoms with Crippen molar-refractivity contribution in [3.63, 3.8) is 0 Å². The van der Waals surface area contributed by atoms with Crippen molar-refractivity contribution in [2.45, 2.75) is 12.6 Å². The molecule has 0 N–H and O–H groups in total. The van der Waals surface area contributed by atoms with Crippen molar-refractivity contribution in [2.24, 2.45) is 0 Å². The molecule has 0 fully saturated rings. The quantitative estimate of drug-likeness (QED) is 0.434. The molecule has 0 aliphatic heterocycles. The van der Waals surface area contributed by atoms with E-state index in [4.69, 9.17) is 0 Å². The Morgan fingerprint density at radius 2 is 1.00 bits per heavy atom. The van der Waals surface area contributed by atoms with Crippen LogP contribution in [0.25, 0.3) is 0 Å². The second-order valence-corrected chi connectivity index (χ2v) is 2.11. The minimum Gasteiger partial charge on any atom is -0.450 e. The topological polar surface area (TPSA) is 0 Å². The first-order valence-corrected chi connectivity index (χ1v) is 2.55. The summed E-state index contributed by atoms with van der Waals surface area (Å²) in [6, 6.07) is 0. The first-order valence-electron chi connectivity index (χ1n) is 2.55. The minimum atomic E-state index is -5.76. The average molecular weight is 164 g/mol. The van der Waals surface area contributed by atoms with Gasteiger partial charge in [0.2, 0.25) is 0 Å². The van der Waals surface area contributed by atoms with Gasteiger partial charge in [-0.05, 0) is 0 Å². The Kier molecular flexibility index (Phi) is 2.32. The van der Waals surface area contributed by atoms with Crippen molar-refractivity contribution in [3.05, 3.63) is 0 Å². The van der Waals surface area contributed by atoms with Crippen LogP contribution in [0.1, 0.15) is 6.92 Å². The van der Waals surface area contributed by atoms with E-state index in [1.807, 2.05) is 0 Å². The molecule has 0 amide bonds. The van der Waals surface area contributed by atoms with Crippen molar-refractivity contribution < 1.29 is 25.9 Å². The lowest BCUT2D eigenvalue weighted by Gasteiger charge is -2.31. The molecule has 0 saturated heterocycles. The molecule has 0 aliphatic carbocycles. The number of rotatable bonds is 2. The first-order chi connectivity index (χ1) is 4.15. The molecule has 0 aliphatic rings. The lowest BCUT2D eigenvalue weighted by Crippen LogP contribution is -2.37. The monoisotopic (exact) mass is 164 g/mol. The summed E-state index contributed by atoms with van der Waals surface area (Å²) in [6.07, 6.45) is 0. The second kappa shape index (κ2) is 2.39. The maximum atomic E-state index is 11.3. The predicted octanol–water partition coefficient (Wildman–Crippen LogP) is 2.61. The van der Waals surface area contributed by atoms with Crippen LogP contribution in [0.2, 0.25) is 5.72 Å².